The number of hydrazine groups is 1. The van der Waals surface area contributed by atoms with Crippen LogP contribution in [0.3, 0.4) is 0 Å². The molecule has 6 unspecified atom stereocenters. The van der Waals surface area contributed by atoms with Crippen molar-refractivity contribution in [1.82, 2.24) is 16.2 Å². The molecule has 1 aliphatic carbocycles. The Hall–Kier alpha value is -0.720. The molecule has 0 radical (unpaired) electrons. The van der Waals surface area contributed by atoms with E-state index in [2.05, 4.69) is 16.2 Å². The molecule has 3 aliphatic rings. The van der Waals surface area contributed by atoms with Crippen LogP contribution in [0.1, 0.15) is 19.3 Å². The third-order valence-electron chi connectivity index (χ3n) is 4.16. The number of carboxylic acids is 1. The van der Waals surface area contributed by atoms with Gasteiger partial charge in [-0.2, -0.15) is 0 Å². The average Bonchev–Trinajstić information content (AvgIpc) is 2.77. The highest BCUT2D eigenvalue weighted by atomic mass is 19.1. The van der Waals surface area contributed by atoms with E-state index in [9.17, 15) is 9.18 Å². The van der Waals surface area contributed by atoms with Crippen LogP contribution in [0.15, 0.2) is 0 Å². The van der Waals surface area contributed by atoms with Crippen molar-refractivity contribution < 1.29 is 14.3 Å². The smallest absolute Gasteiger partial charge is 0.322 e. The van der Waals surface area contributed by atoms with E-state index >= 15 is 0 Å². The summed E-state index contributed by atoms with van der Waals surface area (Å²) in [6.07, 6.45) is 1.44. The maximum Gasteiger partial charge on any atom is 0.322 e. The standard InChI is InChI=1S/C10H16FN3O2/c11-5-3-1-2-4-6-8(10(15)16)13-14-9(6)12-7(4)5/h4-9,12-14H,1-3H2,(H,15,16). The van der Waals surface area contributed by atoms with E-state index in [-0.39, 0.29) is 24.0 Å². The number of carbonyl (C=O) groups is 1. The first kappa shape index (κ1) is 10.4. The second kappa shape index (κ2) is 3.65. The van der Waals surface area contributed by atoms with Gasteiger partial charge in [-0.25, -0.2) is 15.2 Å². The van der Waals surface area contributed by atoms with Crippen LogP contribution in [0.4, 0.5) is 4.39 Å². The van der Waals surface area contributed by atoms with Crippen LogP contribution in [-0.4, -0.2) is 35.5 Å². The molecule has 2 saturated heterocycles. The summed E-state index contributed by atoms with van der Waals surface area (Å²) in [7, 11) is 0. The lowest BCUT2D eigenvalue weighted by atomic mass is 9.76. The van der Waals surface area contributed by atoms with Gasteiger partial charge in [-0.05, 0) is 18.8 Å². The second-order valence-electron chi connectivity index (χ2n) is 4.96. The van der Waals surface area contributed by atoms with Crippen molar-refractivity contribution in [2.75, 3.05) is 0 Å². The van der Waals surface area contributed by atoms with Crippen molar-refractivity contribution in [2.24, 2.45) is 11.8 Å². The minimum atomic E-state index is -0.858. The van der Waals surface area contributed by atoms with Gasteiger partial charge in [-0.1, -0.05) is 6.42 Å². The zero-order chi connectivity index (χ0) is 11.3. The fourth-order valence-electron chi connectivity index (χ4n) is 3.48. The number of hydrogen-bond acceptors (Lipinski definition) is 4. The molecule has 0 aromatic rings. The molecular formula is C10H16FN3O2. The first-order valence-corrected chi connectivity index (χ1v) is 5.82. The Morgan fingerprint density at radius 3 is 2.88 bits per heavy atom. The molecule has 0 spiro atoms. The van der Waals surface area contributed by atoms with Gasteiger partial charge in [-0.15, -0.1) is 0 Å². The highest BCUT2D eigenvalue weighted by molar-refractivity contribution is 5.74. The van der Waals surface area contributed by atoms with E-state index in [1.807, 2.05) is 0 Å². The maximum atomic E-state index is 13.7. The van der Waals surface area contributed by atoms with Gasteiger partial charge >= 0.3 is 5.97 Å². The molecule has 0 aromatic carbocycles. The van der Waals surface area contributed by atoms with Gasteiger partial charge < -0.3 is 5.11 Å². The normalized spacial score (nSPS) is 51.1. The molecular weight excluding hydrogens is 213 g/mol. The van der Waals surface area contributed by atoms with Gasteiger partial charge in [0.15, 0.2) is 0 Å². The van der Waals surface area contributed by atoms with Crippen LogP contribution >= 0.6 is 0 Å². The van der Waals surface area contributed by atoms with Crippen molar-refractivity contribution in [2.45, 2.75) is 43.7 Å². The van der Waals surface area contributed by atoms with Gasteiger partial charge in [0.2, 0.25) is 0 Å². The highest BCUT2D eigenvalue weighted by Crippen LogP contribution is 2.41. The van der Waals surface area contributed by atoms with Crippen molar-refractivity contribution in [3.63, 3.8) is 0 Å². The summed E-state index contributed by atoms with van der Waals surface area (Å²) in [5, 5.41) is 12.3. The summed E-state index contributed by atoms with van der Waals surface area (Å²) in [6, 6.07) is -0.766. The SMILES string of the molecule is O=C(O)C1NNC2NC3C(F)CCCC3C21. The molecule has 16 heavy (non-hydrogen) atoms. The topological polar surface area (TPSA) is 73.4 Å². The Morgan fingerprint density at radius 2 is 2.12 bits per heavy atom. The van der Waals surface area contributed by atoms with Gasteiger partial charge in [-0.3, -0.25) is 10.1 Å². The minimum Gasteiger partial charge on any atom is -0.480 e. The summed E-state index contributed by atoms with van der Waals surface area (Å²) < 4.78 is 13.7. The van der Waals surface area contributed by atoms with Gasteiger partial charge in [0.05, 0.1) is 6.17 Å². The van der Waals surface area contributed by atoms with Crippen LogP contribution < -0.4 is 16.2 Å². The number of nitrogens with one attached hydrogen (secondary N) is 3. The van der Waals surface area contributed by atoms with E-state index < -0.39 is 18.2 Å². The van der Waals surface area contributed by atoms with Gasteiger partial charge in [0.1, 0.15) is 12.2 Å². The van der Waals surface area contributed by atoms with E-state index in [1.54, 1.807) is 0 Å². The van der Waals surface area contributed by atoms with Crippen LogP contribution in [-0.2, 0) is 4.79 Å². The number of hydrogen-bond donors (Lipinski definition) is 4. The Labute approximate surface area is 92.7 Å². The highest BCUT2D eigenvalue weighted by Gasteiger charge is 2.55. The number of carboxylic acid groups (broad SMARTS) is 1. The summed E-state index contributed by atoms with van der Waals surface area (Å²) >= 11 is 0. The van der Waals surface area contributed by atoms with Crippen LogP contribution in [0.5, 0.6) is 0 Å². The first-order chi connectivity index (χ1) is 7.68. The molecule has 4 N–H and O–H groups in total. The lowest BCUT2D eigenvalue weighted by Gasteiger charge is -2.32. The fraction of sp³-hybridized carbons (Fsp3) is 0.900. The molecule has 0 bridgehead atoms. The van der Waals surface area contributed by atoms with Crippen molar-refractivity contribution in [3.05, 3.63) is 0 Å². The first-order valence-electron chi connectivity index (χ1n) is 5.82. The third kappa shape index (κ3) is 1.37. The molecule has 2 aliphatic heterocycles. The predicted octanol–water partition coefficient (Wildman–Crippen LogP) is -0.400. The lowest BCUT2D eigenvalue weighted by molar-refractivity contribution is -0.140. The van der Waals surface area contributed by atoms with E-state index in [0.717, 1.165) is 12.8 Å². The molecule has 0 amide bonds. The zero-order valence-corrected chi connectivity index (χ0v) is 8.82. The quantitative estimate of drug-likeness (QED) is 0.492. The molecule has 6 atom stereocenters. The van der Waals surface area contributed by atoms with Crippen molar-refractivity contribution in [3.8, 4) is 0 Å². The molecule has 1 saturated carbocycles. The second-order valence-corrected chi connectivity index (χ2v) is 4.96. The minimum absolute atomic E-state index is 0.0407. The van der Waals surface area contributed by atoms with Crippen LogP contribution in [0.25, 0.3) is 0 Å². The monoisotopic (exact) mass is 229 g/mol. The third-order valence-corrected chi connectivity index (χ3v) is 4.16. The van der Waals surface area contributed by atoms with Gasteiger partial charge in [0, 0.05) is 12.0 Å². The molecule has 5 nitrogen and oxygen atoms in total. The molecule has 2 heterocycles. The average molecular weight is 229 g/mol. The zero-order valence-electron chi connectivity index (χ0n) is 8.82. The summed E-state index contributed by atoms with van der Waals surface area (Å²) in [4.78, 5) is 11.1. The Balaban J connectivity index is 1.84. The lowest BCUT2D eigenvalue weighted by Crippen LogP contribution is -2.49. The maximum absolute atomic E-state index is 13.7. The summed E-state index contributed by atoms with van der Waals surface area (Å²) in [5.41, 5.74) is 5.69. The fourth-order valence-corrected chi connectivity index (χ4v) is 3.48. The molecule has 3 fully saturated rings. The largest absolute Gasteiger partial charge is 0.480 e. The Bertz CT molecular complexity index is 314. The van der Waals surface area contributed by atoms with Crippen LogP contribution in [0, 0.1) is 11.8 Å². The number of aliphatic carboxylic acids is 1. The van der Waals surface area contributed by atoms with Crippen molar-refractivity contribution in [1.29, 1.82) is 0 Å². The summed E-state index contributed by atoms with van der Waals surface area (Å²) in [6.45, 7) is 0. The van der Waals surface area contributed by atoms with E-state index in [1.165, 1.54) is 0 Å². The number of alkyl halides is 1. The number of rotatable bonds is 1. The van der Waals surface area contributed by atoms with Crippen molar-refractivity contribution >= 4 is 5.97 Å². The molecule has 6 heteroatoms. The van der Waals surface area contributed by atoms with E-state index in [0.29, 0.717) is 6.42 Å². The Kier molecular flexibility index (Phi) is 2.38. The predicted molar refractivity (Wildman–Crippen MR) is 54.1 cm³/mol. The number of fused-ring (bicyclic) bond motifs is 3. The molecule has 0 aromatic heterocycles. The van der Waals surface area contributed by atoms with Crippen LogP contribution in [0.2, 0.25) is 0 Å². The summed E-state index contributed by atoms with van der Waals surface area (Å²) in [5.74, 6) is -0.762. The van der Waals surface area contributed by atoms with E-state index in [4.69, 9.17) is 5.11 Å². The van der Waals surface area contributed by atoms with Gasteiger partial charge in [0.25, 0.3) is 0 Å². The molecule has 3 rings (SSSR count). The molecule has 90 valence electrons. The Morgan fingerprint density at radius 1 is 1.31 bits per heavy atom. The number of halogens is 1.